The van der Waals surface area contributed by atoms with Gasteiger partial charge in [-0.3, -0.25) is 4.79 Å². The van der Waals surface area contributed by atoms with Crippen LogP contribution in [-0.2, 0) is 30.2 Å². The maximum atomic E-state index is 13.7. The maximum absolute atomic E-state index is 13.7. The molecule has 2 fully saturated rings. The highest BCUT2D eigenvalue weighted by Crippen LogP contribution is 2.26. The van der Waals surface area contributed by atoms with Gasteiger partial charge in [0.1, 0.15) is 17.2 Å². The molecule has 3 amide bonds. The number of likely N-dealkylation sites (tertiary alicyclic amines) is 1. The van der Waals surface area contributed by atoms with Gasteiger partial charge >= 0.3 is 18.2 Å². The van der Waals surface area contributed by atoms with Crippen LogP contribution < -0.4 is 10.6 Å². The molecule has 0 radical (unpaired) electrons. The van der Waals surface area contributed by atoms with E-state index in [2.05, 4.69) is 10.6 Å². The highest BCUT2D eigenvalue weighted by atomic mass is 16.6. The number of carbonyl (C=O) groups excluding carboxylic acids is 4. The molecule has 0 aromatic heterocycles. The predicted octanol–water partition coefficient (Wildman–Crippen LogP) is 4.88. The Morgan fingerprint density at radius 1 is 0.878 bits per heavy atom. The number of amides is 3. The molecular formula is C31H47N3O7. The van der Waals surface area contributed by atoms with Gasteiger partial charge in [-0.05, 0) is 72.8 Å². The minimum atomic E-state index is -1.27. The lowest BCUT2D eigenvalue weighted by molar-refractivity contribution is -0.161. The molecule has 2 aliphatic rings. The fourth-order valence-corrected chi connectivity index (χ4v) is 5.19. The second-order valence-electron chi connectivity index (χ2n) is 13.0. The van der Waals surface area contributed by atoms with Gasteiger partial charge < -0.3 is 29.7 Å². The fraction of sp³-hybridized carbons (Fsp3) is 0.677. The van der Waals surface area contributed by atoms with Gasteiger partial charge in [-0.2, -0.15) is 0 Å². The highest BCUT2D eigenvalue weighted by Gasteiger charge is 2.44. The average Bonchev–Trinajstić information content (AvgIpc) is 3.36. The quantitative estimate of drug-likeness (QED) is 0.336. The molecule has 41 heavy (non-hydrogen) atoms. The second-order valence-corrected chi connectivity index (χ2v) is 13.0. The minimum Gasteiger partial charge on any atom is -0.448 e. The molecule has 1 aromatic rings. The molecule has 0 spiro atoms. The van der Waals surface area contributed by atoms with Gasteiger partial charge in [0, 0.05) is 19.0 Å². The smallest absolute Gasteiger partial charge is 0.410 e. The van der Waals surface area contributed by atoms with Crippen LogP contribution in [0.15, 0.2) is 30.3 Å². The first-order valence-electron chi connectivity index (χ1n) is 14.8. The van der Waals surface area contributed by atoms with Gasteiger partial charge in [0.25, 0.3) is 5.91 Å². The molecule has 3 rings (SSSR count). The number of nitrogens with one attached hydrogen (secondary N) is 2. The third-order valence-corrected chi connectivity index (χ3v) is 6.99. The third kappa shape index (κ3) is 10.6. The molecular weight excluding hydrogens is 526 g/mol. The van der Waals surface area contributed by atoms with Crippen molar-refractivity contribution in [1.82, 2.24) is 15.5 Å². The van der Waals surface area contributed by atoms with Crippen molar-refractivity contribution in [1.29, 1.82) is 0 Å². The topological polar surface area (TPSA) is 123 Å². The molecule has 1 heterocycles. The molecule has 10 heteroatoms. The Morgan fingerprint density at radius 2 is 1.51 bits per heavy atom. The molecule has 228 valence electrons. The molecule has 0 bridgehead atoms. The molecule has 2 N–H and O–H groups in total. The summed E-state index contributed by atoms with van der Waals surface area (Å²) in [4.78, 5) is 54.7. The number of hydrogen-bond donors (Lipinski definition) is 2. The lowest BCUT2D eigenvalue weighted by Gasteiger charge is -2.34. The first-order chi connectivity index (χ1) is 19.2. The lowest BCUT2D eigenvalue weighted by Crippen LogP contribution is -2.56. The van der Waals surface area contributed by atoms with E-state index in [0.29, 0.717) is 19.4 Å². The van der Waals surface area contributed by atoms with Crippen molar-refractivity contribution >= 4 is 24.1 Å². The van der Waals surface area contributed by atoms with Crippen LogP contribution in [0.1, 0.15) is 92.1 Å². The third-order valence-electron chi connectivity index (χ3n) is 6.99. The van der Waals surface area contributed by atoms with E-state index in [9.17, 15) is 19.2 Å². The lowest BCUT2D eigenvalue weighted by atomic mass is 9.95. The van der Waals surface area contributed by atoms with Crippen LogP contribution in [0.2, 0.25) is 0 Å². The molecule has 3 atom stereocenters. The number of ether oxygens (including phenoxy) is 3. The summed E-state index contributed by atoms with van der Waals surface area (Å²) < 4.78 is 16.9. The van der Waals surface area contributed by atoms with E-state index in [0.717, 1.165) is 37.7 Å². The van der Waals surface area contributed by atoms with Crippen LogP contribution in [0.25, 0.3) is 0 Å². The van der Waals surface area contributed by atoms with Crippen LogP contribution >= 0.6 is 0 Å². The number of carbonyl (C=O) groups is 4. The number of esters is 1. The summed E-state index contributed by atoms with van der Waals surface area (Å²) in [6.45, 7) is 10.9. The number of benzene rings is 1. The molecule has 1 aliphatic carbocycles. The first kappa shape index (κ1) is 32.2. The summed E-state index contributed by atoms with van der Waals surface area (Å²) in [6, 6.07) is 7.37. The van der Waals surface area contributed by atoms with Crippen LogP contribution in [0, 0.1) is 0 Å². The Morgan fingerprint density at radius 3 is 2.12 bits per heavy atom. The van der Waals surface area contributed by atoms with E-state index >= 15 is 0 Å². The summed E-state index contributed by atoms with van der Waals surface area (Å²) >= 11 is 0. The Hall–Kier alpha value is -3.30. The van der Waals surface area contributed by atoms with E-state index < -0.39 is 53.5 Å². The van der Waals surface area contributed by atoms with Crippen molar-refractivity contribution in [2.75, 3.05) is 6.54 Å². The van der Waals surface area contributed by atoms with E-state index in [1.54, 1.807) is 41.5 Å². The number of rotatable bonds is 8. The van der Waals surface area contributed by atoms with Crippen molar-refractivity contribution in [3.8, 4) is 0 Å². The standard InChI is InChI=1S/C31H47N3O7/c1-30(2,3)40-28(37)33-23(20-21-14-9-7-10-15-21)27(36)39-25(26(35)32-22-16-11-8-12-17-22)24-18-13-19-34(24)29(38)41-31(4,5)6/h7,9-10,14-15,22-25H,8,11-13,16-20H2,1-6H3,(H,32,35)(H,33,37)/t23-,24-,25?/m0/s1. The second kappa shape index (κ2) is 14.0. The zero-order valence-electron chi connectivity index (χ0n) is 25.4. The van der Waals surface area contributed by atoms with E-state index in [1.165, 1.54) is 4.90 Å². The first-order valence-corrected chi connectivity index (χ1v) is 14.8. The normalized spacial score (nSPS) is 19.6. The number of alkyl carbamates (subject to hydrolysis) is 1. The summed E-state index contributed by atoms with van der Waals surface area (Å²) in [7, 11) is 0. The zero-order valence-corrected chi connectivity index (χ0v) is 25.4. The molecule has 1 aromatic carbocycles. The molecule has 1 unspecified atom stereocenters. The molecule has 1 saturated carbocycles. The minimum absolute atomic E-state index is 0.0196. The highest BCUT2D eigenvalue weighted by molar-refractivity contribution is 5.88. The van der Waals surface area contributed by atoms with Crippen LogP contribution in [0.4, 0.5) is 9.59 Å². The summed E-state index contributed by atoms with van der Waals surface area (Å²) in [6.07, 6.45) is 3.51. The summed E-state index contributed by atoms with van der Waals surface area (Å²) in [5.74, 6) is -1.22. The van der Waals surface area contributed by atoms with Gasteiger partial charge in [-0.25, -0.2) is 14.4 Å². The molecule has 10 nitrogen and oxygen atoms in total. The molecule has 1 aliphatic heterocycles. The van der Waals surface area contributed by atoms with Gasteiger partial charge in [-0.1, -0.05) is 49.6 Å². The van der Waals surface area contributed by atoms with Gasteiger partial charge in [0.2, 0.25) is 6.10 Å². The summed E-state index contributed by atoms with van der Waals surface area (Å²) in [5, 5.41) is 5.69. The average molecular weight is 574 g/mol. The Balaban J connectivity index is 1.86. The predicted molar refractivity (Wildman–Crippen MR) is 154 cm³/mol. The van der Waals surface area contributed by atoms with Crippen molar-refractivity contribution in [3.63, 3.8) is 0 Å². The van der Waals surface area contributed by atoms with Crippen molar-refractivity contribution < 1.29 is 33.4 Å². The van der Waals surface area contributed by atoms with Gasteiger partial charge in [-0.15, -0.1) is 0 Å². The Labute approximate surface area is 243 Å². The maximum Gasteiger partial charge on any atom is 0.410 e. The number of nitrogens with zero attached hydrogens (tertiary/aromatic N) is 1. The fourth-order valence-electron chi connectivity index (χ4n) is 5.19. The molecule has 1 saturated heterocycles. The van der Waals surface area contributed by atoms with E-state index in [-0.39, 0.29) is 12.5 Å². The van der Waals surface area contributed by atoms with Crippen molar-refractivity contribution in [2.45, 2.75) is 128 Å². The van der Waals surface area contributed by atoms with Crippen molar-refractivity contribution in [3.05, 3.63) is 35.9 Å². The van der Waals surface area contributed by atoms with Crippen LogP contribution in [0.3, 0.4) is 0 Å². The van der Waals surface area contributed by atoms with Crippen molar-refractivity contribution in [2.24, 2.45) is 0 Å². The SMILES string of the molecule is CC(C)(C)OC(=O)N[C@@H](Cc1ccccc1)C(=O)OC(C(=O)NC1CCCCC1)[C@@H]1CCCN1C(=O)OC(C)(C)C. The monoisotopic (exact) mass is 573 g/mol. The van der Waals surface area contributed by atoms with Gasteiger partial charge in [0.05, 0.1) is 6.04 Å². The van der Waals surface area contributed by atoms with Gasteiger partial charge in [0.15, 0.2) is 0 Å². The van der Waals surface area contributed by atoms with Crippen LogP contribution in [-0.4, -0.2) is 70.9 Å². The summed E-state index contributed by atoms with van der Waals surface area (Å²) in [5.41, 5.74) is -0.699. The van der Waals surface area contributed by atoms with Crippen LogP contribution in [0.5, 0.6) is 0 Å². The Kier molecular flexibility index (Phi) is 11.0. The zero-order chi connectivity index (χ0) is 30.2. The largest absolute Gasteiger partial charge is 0.448 e. The van der Waals surface area contributed by atoms with E-state index in [1.807, 2.05) is 30.3 Å². The Bertz CT molecular complexity index is 1040. The van der Waals surface area contributed by atoms with E-state index in [4.69, 9.17) is 14.2 Å². The number of hydrogen-bond acceptors (Lipinski definition) is 7.